The Morgan fingerprint density at radius 1 is 1.33 bits per heavy atom. The van der Waals surface area contributed by atoms with Crippen molar-refractivity contribution in [2.45, 2.75) is 26.7 Å². The standard InChI is InChI=1S/C21H21FN4O/c1-5-6-16-19(15-7-8-18(23-3)17(22)13-15)24-21(25(4)20(16)27)26-11-9-14(2)10-12-26/h7-8,13-14H,9-12H2,1-2,4H3. The maximum absolute atomic E-state index is 14.2. The maximum Gasteiger partial charge on any atom is 0.271 e. The number of hydrogen-bond acceptors (Lipinski definition) is 3. The van der Waals surface area contributed by atoms with E-state index in [4.69, 9.17) is 11.6 Å². The molecule has 0 atom stereocenters. The molecule has 1 fully saturated rings. The molecular weight excluding hydrogens is 343 g/mol. The summed E-state index contributed by atoms with van der Waals surface area (Å²) in [6.45, 7) is 12.5. The number of rotatable bonds is 2. The summed E-state index contributed by atoms with van der Waals surface area (Å²) >= 11 is 0. The van der Waals surface area contributed by atoms with E-state index in [-0.39, 0.29) is 16.8 Å². The molecule has 2 aromatic rings. The molecule has 0 unspecified atom stereocenters. The lowest BCUT2D eigenvalue weighted by atomic mass is 9.99. The molecule has 0 aliphatic carbocycles. The molecule has 1 aliphatic rings. The van der Waals surface area contributed by atoms with Crippen molar-refractivity contribution in [2.24, 2.45) is 13.0 Å². The lowest BCUT2D eigenvalue weighted by Gasteiger charge is -2.32. The smallest absolute Gasteiger partial charge is 0.271 e. The van der Waals surface area contributed by atoms with Gasteiger partial charge in [0.25, 0.3) is 5.56 Å². The fourth-order valence-corrected chi connectivity index (χ4v) is 3.27. The fourth-order valence-electron chi connectivity index (χ4n) is 3.27. The van der Waals surface area contributed by atoms with E-state index in [0.717, 1.165) is 25.9 Å². The third-order valence-electron chi connectivity index (χ3n) is 4.93. The van der Waals surface area contributed by atoms with Gasteiger partial charge < -0.3 is 4.90 Å². The van der Waals surface area contributed by atoms with Gasteiger partial charge in [0.05, 0.1) is 12.3 Å². The largest absolute Gasteiger partial charge is 0.342 e. The van der Waals surface area contributed by atoms with E-state index < -0.39 is 5.82 Å². The maximum atomic E-state index is 14.2. The summed E-state index contributed by atoms with van der Waals surface area (Å²) in [5, 5.41) is 0. The molecule has 1 aliphatic heterocycles. The second-order valence-corrected chi connectivity index (χ2v) is 6.82. The van der Waals surface area contributed by atoms with Gasteiger partial charge in [0.1, 0.15) is 11.4 Å². The van der Waals surface area contributed by atoms with Crippen LogP contribution in [-0.4, -0.2) is 22.6 Å². The van der Waals surface area contributed by atoms with E-state index >= 15 is 0 Å². The third-order valence-corrected chi connectivity index (χ3v) is 4.93. The highest BCUT2D eigenvalue weighted by Gasteiger charge is 2.23. The topological polar surface area (TPSA) is 42.5 Å². The number of aromatic nitrogens is 2. The van der Waals surface area contributed by atoms with Gasteiger partial charge in [0.2, 0.25) is 11.6 Å². The van der Waals surface area contributed by atoms with Crippen LogP contribution in [0.25, 0.3) is 16.1 Å². The van der Waals surface area contributed by atoms with Gasteiger partial charge in [-0.15, -0.1) is 5.92 Å². The van der Waals surface area contributed by atoms with Gasteiger partial charge in [-0.3, -0.25) is 9.36 Å². The van der Waals surface area contributed by atoms with Crippen LogP contribution in [0.3, 0.4) is 0 Å². The zero-order valence-corrected chi connectivity index (χ0v) is 15.7. The minimum Gasteiger partial charge on any atom is -0.342 e. The number of piperidine rings is 1. The SMILES string of the molecule is [C-]#[N+]c1ccc(-c2nc(N3CCC(C)CC3)n(C)c(=O)c2C#CC)cc1F. The van der Waals surface area contributed by atoms with Crippen molar-refractivity contribution >= 4 is 11.6 Å². The first-order valence-corrected chi connectivity index (χ1v) is 8.92. The molecule has 5 nitrogen and oxygen atoms in total. The van der Waals surface area contributed by atoms with Crippen LogP contribution in [-0.2, 0) is 7.05 Å². The van der Waals surface area contributed by atoms with E-state index in [1.165, 1.54) is 16.7 Å². The average molecular weight is 364 g/mol. The van der Waals surface area contributed by atoms with Crippen molar-refractivity contribution in [3.8, 4) is 23.1 Å². The Morgan fingerprint density at radius 3 is 2.63 bits per heavy atom. The van der Waals surface area contributed by atoms with Crippen LogP contribution in [0, 0.1) is 30.1 Å². The molecule has 0 N–H and O–H groups in total. The first-order valence-electron chi connectivity index (χ1n) is 8.92. The van der Waals surface area contributed by atoms with Crippen LogP contribution in [0.15, 0.2) is 23.0 Å². The lowest BCUT2D eigenvalue weighted by Crippen LogP contribution is -2.38. The first kappa shape index (κ1) is 18.7. The predicted molar refractivity (Wildman–Crippen MR) is 104 cm³/mol. The van der Waals surface area contributed by atoms with Crippen LogP contribution < -0.4 is 10.5 Å². The van der Waals surface area contributed by atoms with Crippen molar-refractivity contribution in [2.75, 3.05) is 18.0 Å². The molecule has 1 aromatic carbocycles. The van der Waals surface area contributed by atoms with Crippen LogP contribution in [0.4, 0.5) is 16.0 Å². The minimum atomic E-state index is -0.631. The van der Waals surface area contributed by atoms with Gasteiger partial charge >= 0.3 is 0 Å². The Balaban J connectivity index is 2.19. The van der Waals surface area contributed by atoms with Crippen molar-refractivity contribution in [1.29, 1.82) is 0 Å². The number of benzene rings is 1. The number of halogens is 1. The van der Waals surface area contributed by atoms with Crippen molar-refractivity contribution in [3.05, 3.63) is 51.4 Å². The molecule has 27 heavy (non-hydrogen) atoms. The van der Waals surface area contributed by atoms with E-state index in [2.05, 4.69) is 28.5 Å². The molecule has 0 bridgehead atoms. The minimum absolute atomic E-state index is 0.0593. The van der Waals surface area contributed by atoms with Gasteiger partial charge in [0, 0.05) is 25.7 Å². The zero-order chi connectivity index (χ0) is 19.6. The van der Waals surface area contributed by atoms with Crippen LogP contribution >= 0.6 is 0 Å². The number of nitrogens with zero attached hydrogens (tertiary/aromatic N) is 4. The lowest BCUT2D eigenvalue weighted by molar-refractivity contribution is 0.431. The van der Waals surface area contributed by atoms with Crippen LogP contribution in [0.5, 0.6) is 0 Å². The van der Waals surface area contributed by atoms with E-state index in [0.29, 0.717) is 23.1 Å². The Labute approximate surface area is 158 Å². The van der Waals surface area contributed by atoms with Gasteiger partial charge in [-0.05, 0) is 31.7 Å². The monoisotopic (exact) mass is 364 g/mol. The van der Waals surface area contributed by atoms with E-state index in [9.17, 15) is 9.18 Å². The number of anilines is 1. The number of hydrogen-bond donors (Lipinski definition) is 0. The fraction of sp³-hybridized carbons (Fsp3) is 0.381. The quantitative estimate of drug-likeness (QED) is 0.602. The Hall–Kier alpha value is -3.12. The summed E-state index contributed by atoms with van der Waals surface area (Å²) in [4.78, 5) is 22.9. The average Bonchev–Trinajstić information content (AvgIpc) is 2.67. The Kier molecular flexibility index (Phi) is 5.28. The normalized spacial score (nSPS) is 14.4. The van der Waals surface area contributed by atoms with Crippen LogP contribution in [0.2, 0.25) is 0 Å². The molecule has 6 heteroatoms. The summed E-state index contributed by atoms with van der Waals surface area (Å²) < 4.78 is 15.7. The second kappa shape index (κ2) is 7.63. The molecule has 0 saturated carbocycles. The molecule has 3 rings (SSSR count). The Bertz CT molecular complexity index is 1030. The predicted octanol–water partition coefficient (Wildman–Crippen LogP) is 3.74. The highest BCUT2D eigenvalue weighted by Crippen LogP contribution is 2.28. The van der Waals surface area contributed by atoms with Crippen molar-refractivity contribution in [1.82, 2.24) is 9.55 Å². The second-order valence-electron chi connectivity index (χ2n) is 6.82. The summed E-state index contributed by atoms with van der Waals surface area (Å²) in [6, 6.07) is 4.27. The summed E-state index contributed by atoms with van der Waals surface area (Å²) in [5.74, 6) is 6.15. The van der Waals surface area contributed by atoms with E-state index in [1.54, 1.807) is 20.0 Å². The van der Waals surface area contributed by atoms with E-state index in [1.807, 2.05) is 0 Å². The molecular formula is C21H21FN4O. The summed E-state index contributed by atoms with van der Waals surface area (Å²) in [5.41, 5.74) is 0.733. The molecule has 1 saturated heterocycles. The zero-order valence-electron chi connectivity index (χ0n) is 15.7. The summed E-state index contributed by atoms with van der Waals surface area (Å²) in [6.07, 6.45) is 2.08. The Morgan fingerprint density at radius 2 is 2.04 bits per heavy atom. The molecule has 0 amide bonds. The van der Waals surface area contributed by atoms with Crippen molar-refractivity contribution in [3.63, 3.8) is 0 Å². The molecule has 2 heterocycles. The highest BCUT2D eigenvalue weighted by atomic mass is 19.1. The molecule has 0 radical (unpaired) electrons. The van der Waals surface area contributed by atoms with Crippen molar-refractivity contribution < 1.29 is 4.39 Å². The van der Waals surface area contributed by atoms with Gasteiger partial charge in [-0.25, -0.2) is 14.2 Å². The highest BCUT2D eigenvalue weighted by molar-refractivity contribution is 5.70. The van der Waals surface area contributed by atoms with Gasteiger partial charge in [-0.2, -0.15) is 0 Å². The van der Waals surface area contributed by atoms with Gasteiger partial charge in [-0.1, -0.05) is 25.0 Å². The van der Waals surface area contributed by atoms with Crippen LogP contribution in [0.1, 0.15) is 32.3 Å². The van der Waals surface area contributed by atoms with Gasteiger partial charge in [0.15, 0.2) is 0 Å². The summed E-state index contributed by atoms with van der Waals surface area (Å²) in [7, 11) is 1.69. The molecule has 138 valence electrons. The first-order chi connectivity index (χ1) is 13.0. The molecule has 1 aromatic heterocycles. The molecule has 0 spiro atoms. The third kappa shape index (κ3) is 3.57.